The number of likely N-dealkylation sites (tertiary alicyclic amines) is 1. The smallest absolute Gasteiger partial charge is 0.394 e. The lowest BCUT2D eigenvalue weighted by Gasteiger charge is -2.23. The van der Waals surface area contributed by atoms with E-state index in [1.54, 1.807) is 13.0 Å². The first-order valence-corrected chi connectivity index (χ1v) is 8.66. The van der Waals surface area contributed by atoms with E-state index in [0.29, 0.717) is 5.69 Å². The zero-order valence-electron chi connectivity index (χ0n) is 13.5. The maximum Gasteiger partial charge on any atom is 0.394 e. The molecule has 0 radical (unpaired) electrons. The van der Waals surface area contributed by atoms with E-state index in [-0.39, 0.29) is 16.7 Å². The van der Waals surface area contributed by atoms with Crippen molar-refractivity contribution in [1.82, 2.24) is 4.90 Å². The number of carbonyl (C=O) groups excluding carboxylic acids is 2. The molecule has 1 aromatic carbocycles. The summed E-state index contributed by atoms with van der Waals surface area (Å²) in [5, 5.41) is 11.4. The van der Waals surface area contributed by atoms with Gasteiger partial charge in [-0.1, -0.05) is 0 Å². The lowest BCUT2D eigenvalue weighted by atomic mass is 9.96. The monoisotopic (exact) mass is 388 g/mol. The van der Waals surface area contributed by atoms with Crippen molar-refractivity contribution in [2.24, 2.45) is 11.8 Å². The van der Waals surface area contributed by atoms with E-state index in [1.807, 2.05) is 0 Å². The van der Waals surface area contributed by atoms with Gasteiger partial charge in [0.05, 0.1) is 22.8 Å². The van der Waals surface area contributed by atoms with Crippen molar-refractivity contribution in [1.29, 1.82) is 0 Å². The Kier molecular flexibility index (Phi) is 4.63. The average Bonchev–Trinajstić information content (AvgIpc) is 3.01. The van der Waals surface area contributed by atoms with Gasteiger partial charge in [0.1, 0.15) is 0 Å². The van der Waals surface area contributed by atoms with E-state index in [2.05, 4.69) is 5.32 Å². The Morgan fingerprint density at radius 2 is 2.00 bits per heavy atom. The molecule has 2 amide bonds. The van der Waals surface area contributed by atoms with E-state index >= 15 is 0 Å². The van der Waals surface area contributed by atoms with Gasteiger partial charge in [0.2, 0.25) is 5.91 Å². The Balaban J connectivity index is 1.83. The summed E-state index contributed by atoms with van der Waals surface area (Å²) in [6.45, 7) is 0.525. The van der Waals surface area contributed by atoms with Crippen LogP contribution in [-0.2, 0) is 9.59 Å². The van der Waals surface area contributed by atoms with Crippen LogP contribution in [0, 0.1) is 11.8 Å². The molecule has 0 aromatic heterocycles. The van der Waals surface area contributed by atoms with E-state index in [1.165, 1.54) is 23.9 Å². The van der Waals surface area contributed by atoms with Crippen LogP contribution in [-0.4, -0.2) is 52.3 Å². The number of aliphatic carboxylic acids is 1. The lowest BCUT2D eigenvalue weighted by Crippen LogP contribution is -2.34. The molecule has 26 heavy (non-hydrogen) atoms. The van der Waals surface area contributed by atoms with Crippen LogP contribution in [0.1, 0.15) is 17.3 Å². The molecule has 1 saturated heterocycles. The van der Waals surface area contributed by atoms with Gasteiger partial charge in [-0.25, -0.2) is 0 Å². The molecule has 6 nitrogen and oxygen atoms in total. The minimum atomic E-state index is -4.70. The molecule has 1 fully saturated rings. The molecule has 0 saturated carbocycles. The number of hydrogen-bond acceptors (Lipinski definition) is 4. The van der Waals surface area contributed by atoms with Gasteiger partial charge in [-0.3, -0.25) is 14.4 Å². The Morgan fingerprint density at radius 1 is 1.31 bits per heavy atom. The molecular formula is C16H15F3N2O4S. The summed E-state index contributed by atoms with van der Waals surface area (Å²) in [4.78, 5) is 37.1. The molecular weight excluding hydrogens is 373 g/mol. The van der Waals surface area contributed by atoms with E-state index in [4.69, 9.17) is 5.11 Å². The second kappa shape index (κ2) is 6.49. The number of nitrogens with one attached hydrogen (secondary N) is 1. The van der Waals surface area contributed by atoms with Crippen molar-refractivity contribution in [3.63, 3.8) is 0 Å². The van der Waals surface area contributed by atoms with E-state index in [9.17, 15) is 27.6 Å². The summed E-state index contributed by atoms with van der Waals surface area (Å²) in [5.74, 6) is -6.28. The fourth-order valence-electron chi connectivity index (χ4n) is 3.08. The maximum absolute atomic E-state index is 13.1. The quantitative estimate of drug-likeness (QED) is 0.813. The number of anilines is 1. The zero-order valence-corrected chi connectivity index (χ0v) is 14.4. The fourth-order valence-corrected chi connectivity index (χ4v) is 4.01. The minimum absolute atomic E-state index is 0.103. The Hall–Kier alpha value is -2.23. The normalized spacial score (nSPS) is 25.6. The van der Waals surface area contributed by atoms with Gasteiger partial charge in [0.25, 0.3) is 5.91 Å². The molecule has 1 unspecified atom stereocenters. The largest absolute Gasteiger partial charge is 0.481 e. The molecule has 1 aromatic rings. The molecule has 2 N–H and O–H groups in total. The summed E-state index contributed by atoms with van der Waals surface area (Å²) < 4.78 is 39.2. The highest BCUT2D eigenvalue weighted by molar-refractivity contribution is 8.00. The number of alkyl halides is 3. The third-order valence-electron chi connectivity index (χ3n) is 4.50. The molecule has 140 valence electrons. The van der Waals surface area contributed by atoms with Gasteiger partial charge < -0.3 is 15.3 Å². The number of carboxylic acid groups (broad SMARTS) is 1. The Bertz CT molecular complexity index is 783. The lowest BCUT2D eigenvalue weighted by molar-refractivity contribution is -0.187. The highest BCUT2D eigenvalue weighted by atomic mass is 32.2. The predicted molar refractivity (Wildman–Crippen MR) is 87.0 cm³/mol. The highest BCUT2D eigenvalue weighted by Gasteiger charge is 2.53. The number of thioether (sulfide) groups is 1. The number of hydrogen-bond donors (Lipinski definition) is 2. The van der Waals surface area contributed by atoms with Crippen molar-refractivity contribution in [2.45, 2.75) is 23.2 Å². The van der Waals surface area contributed by atoms with E-state index < -0.39 is 43.0 Å². The number of fused-ring (bicyclic) bond motifs is 1. The van der Waals surface area contributed by atoms with Gasteiger partial charge in [0.15, 0.2) is 0 Å². The summed E-state index contributed by atoms with van der Waals surface area (Å²) in [6, 6.07) is 4.50. The molecule has 2 aliphatic rings. The number of carboxylic acids is 1. The number of nitrogens with zero attached hydrogens (tertiary/aromatic N) is 1. The van der Waals surface area contributed by atoms with Crippen LogP contribution < -0.4 is 5.32 Å². The average molecular weight is 388 g/mol. The topological polar surface area (TPSA) is 86.7 Å². The van der Waals surface area contributed by atoms with Crippen LogP contribution in [0.3, 0.4) is 0 Å². The Labute approximate surface area is 150 Å². The molecule has 0 bridgehead atoms. The molecule has 0 aliphatic carbocycles. The summed E-state index contributed by atoms with van der Waals surface area (Å²) in [6.07, 6.45) is -4.70. The van der Waals surface area contributed by atoms with Gasteiger partial charge in [0, 0.05) is 23.5 Å². The molecule has 10 heteroatoms. The molecule has 2 aliphatic heterocycles. The first-order valence-electron chi connectivity index (χ1n) is 7.78. The number of amides is 2. The summed E-state index contributed by atoms with van der Waals surface area (Å²) in [7, 11) is 0. The van der Waals surface area contributed by atoms with Crippen LogP contribution in [0.15, 0.2) is 23.1 Å². The highest BCUT2D eigenvalue weighted by Crippen LogP contribution is 2.39. The SMILES string of the molecule is CC1Sc2ccc(C(=O)N3C[C@@H](C(F)(F)F)[C@H](C(=O)O)C3)cc2NC1=O. The maximum atomic E-state index is 13.1. The Morgan fingerprint density at radius 3 is 2.58 bits per heavy atom. The zero-order chi connectivity index (χ0) is 19.2. The van der Waals surface area contributed by atoms with Gasteiger partial charge in [-0.2, -0.15) is 13.2 Å². The summed E-state index contributed by atoms with van der Waals surface area (Å²) >= 11 is 1.32. The third kappa shape index (κ3) is 3.37. The first-order chi connectivity index (χ1) is 12.1. The van der Waals surface area contributed by atoms with Crippen LogP contribution in [0.5, 0.6) is 0 Å². The van der Waals surface area contributed by atoms with Crippen molar-refractivity contribution < 1.29 is 32.7 Å². The number of carbonyl (C=O) groups is 3. The number of halogens is 3. The second-order valence-corrected chi connectivity index (χ2v) is 7.65. The molecule has 2 heterocycles. The summed E-state index contributed by atoms with van der Waals surface area (Å²) in [5.41, 5.74) is 0.525. The number of benzene rings is 1. The molecule has 3 atom stereocenters. The van der Waals surface area contributed by atoms with Crippen LogP contribution in [0.4, 0.5) is 18.9 Å². The van der Waals surface area contributed by atoms with Gasteiger partial charge >= 0.3 is 12.1 Å². The van der Waals surface area contributed by atoms with Crippen molar-refractivity contribution in [3.05, 3.63) is 23.8 Å². The van der Waals surface area contributed by atoms with E-state index in [0.717, 1.165) is 9.80 Å². The van der Waals surface area contributed by atoms with Crippen molar-refractivity contribution >= 4 is 35.2 Å². The minimum Gasteiger partial charge on any atom is -0.481 e. The van der Waals surface area contributed by atoms with Crippen LogP contribution >= 0.6 is 11.8 Å². The van der Waals surface area contributed by atoms with Crippen LogP contribution in [0.2, 0.25) is 0 Å². The second-order valence-electron chi connectivity index (χ2n) is 6.26. The third-order valence-corrected chi connectivity index (χ3v) is 5.68. The van der Waals surface area contributed by atoms with Gasteiger partial charge in [-0.15, -0.1) is 11.8 Å². The van der Waals surface area contributed by atoms with Crippen molar-refractivity contribution in [3.8, 4) is 0 Å². The van der Waals surface area contributed by atoms with Crippen molar-refractivity contribution in [2.75, 3.05) is 18.4 Å². The fraction of sp³-hybridized carbons (Fsp3) is 0.438. The predicted octanol–water partition coefficient (Wildman–Crippen LogP) is 2.45. The number of rotatable bonds is 2. The molecule has 3 rings (SSSR count). The molecule has 0 spiro atoms. The van der Waals surface area contributed by atoms with Crippen LogP contribution in [0.25, 0.3) is 0 Å². The first kappa shape index (κ1) is 18.6. The standard InChI is InChI=1S/C16H15F3N2O4S/c1-7-13(22)20-11-4-8(2-3-12(11)26-7)14(23)21-5-9(15(24)25)10(6-21)16(17,18)19/h2-4,7,9-10H,5-6H2,1H3,(H,20,22)(H,24,25)/t7?,9-,10-/m1/s1. The van der Waals surface area contributed by atoms with Gasteiger partial charge in [-0.05, 0) is 25.1 Å².